The number of ether oxygens (including phenoxy) is 1. The quantitative estimate of drug-likeness (QED) is 0.726. The van der Waals surface area contributed by atoms with Crippen molar-refractivity contribution in [1.29, 1.82) is 0 Å². The molecule has 0 radical (unpaired) electrons. The highest BCUT2D eigenvalue weighted by Gasteiger charge is 2.62. The highest BCUT2D eigenvalue weighted by Crippen LogP contribution is 2.46. The summed E-state index contributed by atoms with van der Waals surface area (Å²) in [7, 11) is 1.43. The van der Waals surface area contributed by atoms with Gasteiger partial charge in [-0.1, -0.05) is 35.6 Å². The number of methoxy groups -OCH3 is 1. The number of fused-ring (bicyclic) bond motifs is 1. The van der Waals surface area contributed by atoms with Crippen LogP contribution in [0.25, 0.3) is 10.2 Å². The summed E-state index contributed by atoms with van der Waals surface area (Å²) in [6.45, 7) is 0. The van der Waals surface area contributed by atoms with E-state index in [1.807, 2.05) is 0 Å². The predicted molar refractivity (Wildman–Crippen MR) is 97.3 cm³/mol. The van der Waals surface area contributed by atoms with Crippen LogP contribution in [0.5, 0.6) is 5.75 Å². The lowest BCUT2D eigenvalue weighted by Gasteiger charge is -2.32. The van der Waals surface area contributed by atoms with Gasteiger partial charge < -0.3 is 9.84 Å². The molecule has 0 fully saturated rings. The van der Waals surface area contributed by atoms with Gasteiger partial charge in [0.25, 0.3) is 5.72 Å². The van der Waals surface area contributed by atoms with Crippen LogP contribution in [0.3, 0.4) is 0 Å². The second-order valence-electron chi connectivity index (χ2n) is 6.01. The molecule has 0 amide bonds. The number of aliphatic hydroxyl groups is 1. The minimum atomic E-state index is -4.93. The monoisotopic (exact) mass is 393 g/mol. The van der Waals surface area contributed by atoms with Crippen molar-refractivity contribution in [2.24, 2.45) is 5.10 Å². The van der Waals surface area contributed by atoms with Crippen LogP contribution in [-0.4, -0.2) is 34.8 Å². The number of thiazole rings is 1. The molecule has 3 aromatic rings. The van der Waals surface area contributed by atoms with Crippen molar-refractivity contribution >= 4 is 32.4 Å². The zero-order valence-electron chi connectivity index (χ0n) is 14.1. The van der Waals surface area contributed by atoms with E-state index < -0.39 is 18.3 Å². The molecule has 5 nitrogen and oxygen atoms in total. The molecular formula is C18H14F3N3O2S. The van der Waals surface area contributed by atoms with E-state index in [0.717, 1.165) is 11.3 Å². The second kappa shape index (κ2) is 6.21. The number of halogens is 3. The van der Waals surface area contributed by atoms with Crippen LogP contribution >= 0.6 is 11.3 Å². The molecule has 1 aliphatic heterocycles. The van der Waals surface area contributed by atoms with Crippen LogP contribution in [0.15, 0.2) is 53.6 Å². The Bertz CT molecular complexity index is 1000. The highest BCUT2D eigenvalue weighted by molar-refractivity contribution is 7.22. The number of anilines is 1. The maximum absolute atomic E-state index is 13.8. The molecule has 0 bridgehead atoms. The zero-order chi connectivity index (χ0) is 19.2. The van der Waals surface area contributed by atoms with Crippen LogP contribution < -0.4 is 9.75 Å². The Balaban J connectivity index is 1.86. The molecule has 1 atom stereocenters. The molecule has 1 aromatic heterocycles. The first-order valence-electron chi connectivity index (χ1n) is 7.99. The van der Waals surface area contributed by atoms with Crippen LogP contribution in [-0.2, 0) is 0 Å². The smallest absolute Gasteiger partial charge is 0.438 e. The van der Waals surface area contributed by atoms with Crippen molar-refractivity contribution in [2.45, 2.75) is 18.3 Å². The fourth-order valence-electron chi connectivity index (χ4n) is 2.95. The van der Waals surface area contributed by atoms with Gasteiger partial charge in [-0.05, 0) is 24.3 Å². The summed E-state index contributed by atoms with van der Waals surface area (Å²) in [5.41, 5.74) is -2.17. The topological polar surface area (TPSA) is 58.0 Å². The number of aromatic nitrogens is 1. The van der Waals surface area contributed by atoms with Gasteiger partial charge in [-0.3, -0.25) is 0 Å². The molecule has 0 saturated carbocycles. The molecule has 0 aliphatic carbocycles. The van der Waals surface area contributed by atoms with Gasteiger partial charge in [0.15, 0.2) is 0 Å². The molecule has 0 spiro atoms. The van der Waals surface area contributed by atoms with Crippen molar-refractivity contribution in [3.8, 4) is 5.75 Å². The van der Waals surface area contributed by atoms with Gasteiger partial charge in [0.05, 0.1) is 29.5 Å². The molecular weight excluding hydrogens is 379 g/mol. The second-order valence-corrected chi connectivity index (χ2v) is 7.02. The molecule has 0 saturated heterocycles. The summed E-state index contributed by atoms with van der Waals surface area (Å²) in [5.74, 6) is 0.381. The number of rotatable bonds is 3. The molecule has 2 heterocycles. The first-order chi connectivity index (χ1) is 12.8. The average molecular weight is 393 g/mol. The van der Waals surface area contributed by atoms with Gasteiger partial charge in [-0.2, -0.15) is 23.3 Å². The Kier molecular flexibility index (Phi) is 4.08. The lowest BCUT2D eigenvalue weighted by molar-refractivity contribution is -0.254. The Hall–Kier alpha value is -2.65. The maximum Gasteiger partial charge on any atom is 0.438 e. The zero-order valence-corrected chi connectivity index (χ0v) is 14.9. The van der Waals surface area contributed by atoms with E-state index in [2.05, 4.69) is 10.1 Å². The largest absolute Gasteiger partial charge is 0.496 e. The van der Waals surface area contributed by atoms with Crippen LogP contribution in [0, 0.1) is 0 Å². The first kappa shape index (κ1) is 17.7. The Morgan fingerprint density at radius 1 is 1.15 bits per heavy atom. The number of nitrogens with zero attached hydrogens (tertiary/aromatic N) is 3. The fraction of sp³-hybridized carbons (Fsp3) is 0.222. The number of hydrogen-bond acceptors (Lipinski definition) is 6. The third-order valence-electron chi connectivity index (χ3n) is 4.32. The van der Waals surface area contributed by atoms with Gasteiger partial charge in [-0.15, -0.1) is 0 Å². The van der Waals surface area contributed by atoms with E-state index in [-0.39, 0.29) is 10.8 Å². The van der Waals surface area contributed by atoms with Crippen molar-refractivity contribution in [3.63, 3.8) is 0 Å². The Morgan fingerprint density at radius 3 is 2.56 bits per heavy atom. The normalized spacial score (nSPS) is 20.2. The van der Waals surface area contributed by atoms with Crippen LogP contribution in [0.2, 0.25) is 0 Å². The molecule has 4 rings (SSSR count). The standard InChI is InChI=1S/C18H14F3N3O2S/c1-26-14-8-4-2-6-11(14)13-10-17(25,18(19,20)21)24(23-13)16-22-12-7-3-5-9-15(12)27-16/h2-9,25H,10H2,1H3/t17-/m1/s1. The van der Waals surface area contributed by atoms with E-state index >= 15 is 0 Å². The van der Waals surface area contributed by atoms with Gasteiger partial charge in [-0.25, -0.2) is 4.98 Å². The minimum Gasteiger partial charge on any atom is -0.496 e. The molecule has 1 N–H and O–H groups in total. The third-order valence-corrected chi connectivity index (χ3v) is 5.33. The Morgan fingerprint density at radius 2 is 1.85 bits per heavy atom. The maximum atomic E-state index is 13.8. The summed E-state index contributed by atoms with van der Waals surface area (Å²) >= 11 is 1.04. The SMILES string of the molecule is COc1ccccc1C1=NN(c2nc3ccccc3s2)[C@](O)(C(F)(F)F)C1. The fourth-order valence-corrected chi connectivity index (χ4v) is 3.94. The molecule has 9 heteroatoms. The highest BCUT2D eigenvalue weighted by atomic mass is 32.1. The summed E-state index contributed by atoms with van der Waals surface area (Å²) in [6.07, 6.45) is -5.66. The molecule has 1 aliphatic rings. The summed E-state index contributed by atoms with van der Waals surface area (Å²) in [6, 6.07) is 13.6. The van der Waals surface area contributed by atoms with Crippen molar-refractivity contribution in [3.05, 3.63) is 54.1 Å². The first-order valence-corrected chi connectivity index (χ1v) is 8.81. The summed E-state index contributed by atoms with van der Waals surface area (Å²) in [5, 5.41) is 15.2. The van der Waals surface area contributed by atoms with Crippen LogP contribution in [0.1, 0.15) is 12.0 Å². The van der Waals surface area contributed by atoms with E-state index in [0.29, 0.717) is 26.5 Å². The number of benzene rings is 2. The third kappa shape index (κ3) is 2.83. The average Bonchev–Trinajstić information content (AvgIpc) is 3.22. The Labute approximate surface area is 156 Å². The predicted octanol–water partition coefficient (Wildman–Crippen LogP) is 4.17. The summed E-state index contributed by atoms with van der Waals surface area (Å²) < 4.78 is 47.3. The van der Waals surface area contributed by atoms with Crippen molar-refractivity contribution in [1.82, 2.24) is 4.98 Å². The van der Waals surface area contributed by atoms with E-state index in [4.69, 9.17) is 4.74 Å². The lowest BCUT2D eigenvalue weighted by Crippen LogP contribution is -2.55. The number of hydrazone groups is 1. The number of para-hydroxylation sites is 2. The van der Waals surface area contributed by atoms with Gasteiger partial charge in [0, 0.05) is 5.56 Å². The minimum absolute atomic E-state index is 0.0269. The van der Waals surface area contributed by atoms with Gasteiger partial charge in [0.2, 0.25) is 5.13 Å². The molecule has 140 valence electrons. The van der Waals surface area contributed by atoms with Gasteiger partial charge in [0.1, 0.15) is 5.75 Å². The lowest BCUT2D eigenvalue weighted by atomic mass is 10.0. The number of hydrogen-bond donors (Lipinski definition) is 1. The van der Waals surface area contributed by atoms with E-state index in [9.17, 15) is 18.3 Å². The molecule has 27 heavy (non-hydrogen) atoms. The number of alkyl halides is 3. The molecule has 2 aromatic carbocycles. The van der Waals surface area contributed by atoms with E-state index in [1.54, 1.807) is 48.5 Å². The van der Waals surface area contributed by atoms with Crippen LogP contribution in [0.4, 0.5) is 18.3 Å². The van der Waals surface area contributed by atoms with Crippen molar-refractivity contribution in [2.75, 3.05) is 12.1 Å². The van der Waals surface area contributed by atoms with Crippen molar-refractivity contribution < 1.29 is 23.0 Å². The van der Waals surface area contributed by atoms with E-state index in [1.165, 1.54) is 7.11 Å². The molecule has 0 unspecified atom stereocenters. The van der Waals surface area contributed by atoms with Gasteiger partial charge >= 0.3 is 6.18 Å². The summed E-state index contributed by atoms with van der Waals surface area (Å²) in [4.78, 5) is 4.22.